The number of nitrogens with two attached hydrogens (primary N) is 1. The molecule has 0 bridgehead atoms. The molecule has 0 spiro atoms. The fourth-order valence-electron chi connectivity index (χ4n) is 3.12. The second-order valence-electron chi connectivity index (χ2n) is 7.31. The first-order valence-electron chi connectivity index (χ1n) is 9.41. The van der Waals surface area contributed by atoms with E-state index >= 15 is 0 Å². The molecule has 27 heavy (non-hydrogen) atoms. The average molecular weight is 394 g/mol. The molecule has 0 aliphatic carbocycles. The SMILES string of the molecule is CC(C)C[C@H](CN)NC[C@H](CCO)NS(=O)(=O)c1ccc2ccccc2c1. The van der Waals surface area contributed by atoms with Gasteiger partial charge in [-0.15, -0.1) is 0 Å². The van der Waals surface area contributed by atoms with Gasteiger partial charge in [0.15, 0.2) is 0 Å². The predicted octanol–water partition coefficient (Wildman–Crippen LogP) is 1.83. The van der Waals surface area contributed by atoms with Crippen molar-refractivity contribution in [1.82, 2.24) is 10.0 Å². The van der Waals surface area contributed by atoms with Crippen LogP contribution >= 0.6 is 0 Å². The largest absolute Gasteiger partial charge is 0.396 e. The fraction of sp³-hybridized carbons (Fsp3) is 0.500. The lowest BCUT2D eigenvalue weighted by molar-refractivity contribution is 0.266. The van der Waals surface area contributed by atoms with Gasteiger partial charge < -0.3 is 16.2 Å². The van der Waals surface area contributed by atoms with Gasteiger partial charge in [0, 0.05) is 31.8 Å². The highest BCUT2D eigenvalue weighted by atomic mass is 32.2. The van der Waals surface area contributed by atoms with Crippen LogP contribution in [0.5, 0.6) is 0 Å². The van der Waals surface area contributed by atoms with E-state index in [0.717, 1.165) is 17.2 Å². The molecule has 0 aliphatic heterocycles. The minimum Gasteiger partial charge on any atom is -0.396 e. The molecule has 0 saturated heterocycles. The number of hydrogen-bond donors (Lipinski definition) is 4. The van der Waals surface area contributed by atoms with Crippen molar-refractivity contribution in [2.45, 2.75) is 43.7 Å². The summed E-state index contributed by atoms with van der Waals surface area (Å²) in [4.78, 5) is 0.224. The van der Waals surface area contributed by atoms with Crippen LogP contribution in [-0.4, -0.2) is 45.3 Å². The molecule has 0 unspecified atom stereocenters. The molecule has 2 atom stereocenters. The molecule has 6 nitrogen and oxygen atoms in total. The van der Waals surface area contributed by atoms with Crippen molar-refractivity contribution in [3.63, 3.8) is 0 Å². The highest BCUT2D eigenvalue weighted by Gasteiger charge is 2.21. The van der Waals surface area contributed by atoms with Gasteiger partial charge in [-0.25, -0.2) is 13.1 Å². The normalized spacial score (nSPS) is 14.6. The summed E-state index contributed by atoms with van der Waals surface area (Å²) in [6.45, 7) is 5.06. The zero-order valence-electron chi connectivity index (χ0n) is 16.1. The number of nitrogens with one attached hydrogen (secondary N) is 2. The van der Waals surface area contributed by atoms with Gasteiger partial charge >= 0.3 is 0 Å². The Morgan fingerprint density at radius 3 is 2.41 bits per heavy atom. The second-order valence-corrected chi connectivity index (χ2v) is 9.02. The number of fused-ring (bicyclic) bond motifs is 1. The van der Waals surface area contributed by atoms with Gasteiger partial charge in [-0.2, -0.15) is 0 Å². The molecule has 2 aromatic carbocycles. The van der Waals surface area contributed by atoms with E-state index in [1.807, 2.05) is 24.3 Å². The van der Waals surface area contributed by atoms with E-state index in [0.29, 0.717) is 25.4 Å². The van der Waals surface area contributed by atoms with Crippen molar-refractivity contribution in [3.05, 3.63) is 42.5 Å². The molecule has 2 rings (SSSR count). The van der Waals surface area contributed by atoms with Gasteiger partial charge in [0.05, 0.1) is 4.90 Å². The smallest absolute Gasteiger partial charge is 0.240 e. The average Bonchev–Trinajstić information content (AvgIpc) is 2.64. The Morgan fingerprint density at radius 1 is 1.07 bits per heavy atom. The summed E-state index contributed by atoms with van der Waals surface area (Å²) in [6, 6.07) is 12.4. The van der Waals surface area contributed by atoms with Crippen molar-refractivity contribution in [2.75, 3.05) is 19.7 Å². The fourth-order valence-corrected chi connectivity index (χ4v) is 4.43. The number of rotatable bonds is 11. The first kappa shape index (κ1) is 21.8. The van der Waals surface area contributed by atoms with Crippen LogP contribution in [0, 0.1) is 5.92 Å². The first-order valence-corrected chi connectivity index (χ1v) is 10.9. The summed E-state index contributed by atoms with van der Waals surface area (Å²) in [5.74, 6) is 0.497. The standard InChI is InChI=1S/C20H31N3O3S/c1-15(2)11-19(13-21)22-14-18(9-10-24)23-27(25,26)20-8-7-16-5-3-4-6-17(16)12-20/h3-8,12,15,18-19,22-24H,9-11,13-14,21H2,1-2H3/t18-,19+/m0/s1. The number of aliphatic hydroxyl groups is 1. The molecule has 7 heteroatoms. The summed E-state index contributed by atoms with van der Waals surface area (Å²) in [6.07, 6.45) is 1.25. The molecule has 0 aliphatic rings. The molecule has 0 fully saturated rings. The van der Waals surface area contributed by atoms with Crippen LogP contribution in [0.3, 0.4) is 0 Å². The Balaban J connectivity index is 2.10. The summed E-state index contributed by atoms with van der Waals surface area (Å²) < 4.78 is 28.3. The Bertz CT molecular complexity index is 824. The van der Waals surface area contributed by atoms with Crippen molar-refractivity contribution in [2.24, 2.45) is 11.7 Å². The maximum Gasteiger partial charge on any atom is 0.240 e. The van der Waals surface area contributed by atoms with Gasteiger partial charge in [-0.1, -0.05) is 44.2 Å². The quantitative estimate of drug-likeness (QED) is 0.466. The van der Waals surface area contributed by atoms with Crippen molar-refractivity contribution >= 4 is 20.8 Å². The summed E-state index contributed by atoms with van der Waals surface area (Å²) in [5, 5.41) is 14.5. The minimum absolute atomic E-state index is 0.0932. The van der Waals surface area contributed by atoms with Gasteiger partial charge in [0.25, 0.3) is 0 Å². The molecular weight excluding hydrogens is 362 g/mol. The van der Waals surface area contributed by atoms with Crippen LogP contribution in [0.2, 0.25) is 0 Å². The highest BCUT2D eigenvalue weighted by molar-refractivity contribution is 7.89. The van der Waals surface area contributed by atoms with Crippen LogP contribution < -0.4 is 15.8 Å². The van der Waals surface area contributed by atoms with Gasteiger partial charge in [-0.05, 0) is 41.7 Å². The maximum absolute atomic E-state index is 12.8. The Morgan fingerprint density at radius 2 is 1.78 bits per heavy atom. The van der Waals surface area contributed by atoms with E-state index in [1.54, 1.807) is 18.2 Å². The number of hydrogen-bond acceptors (Lipinski definition) is 5. The van der Waals surface area contributed by atoms with Gasteiger partial charge in [-0.3, -0.25) is 0 Å². The molecule has 150 valence electrons. The monoisotopic (exact) mass is 393 g/mol. The lowest BCUT2D eigenvalue weighted by atomic mass is 10.0. The van der Waals surface area contributed by atoms with E-state index in [9.17, 15) is 13.5 Å². The number of benzene rings is 2. The van der Waals surface area contributed by atoms with Crippen molar-refractivity contribution < 1.29 is 13.5 Å². The molecule has 0 radical (unpaired) electrons. The topological polar surface area (TPSA) is 104 Å². The Hall–Kier alpha value is -1.51. The van der Waals surface area contributed by atoms with Crippen molar-refractivity contribution in [3.8, 4) is 0 Å². The first-order chi connectivity index (χ1) is 12.9. The highest BCUT2D eigenvalue weighted by Crippen LogP contribution is 2.19. The third-order valence-corrected chi connectivity index (χ3v) is 6.04. The summed E-state index contributed by atoms with van der Waals surface area (Å²) >= 11 is 0. The van der Waals surface area contributed by atoms with E-state index in [1.165, 1.54) is 0 Å². The van der Waals surface area contributed by atoms with Crippen LogP contribution in [0.1, 0.15) is 26.7 Å². The second kappa shape index (κ2) is 10.1. The third-order valence-electron chi connectivity index (χ3n) is 4.52. The predicted molar refractivity (Wildman–Crippen MR) is 110 cm³/mol. The number of sulfonamides is 1. The molecule has 0 amide bonds. The molecule has 0 heterocycles. The Kier molecular flexibility index (Phi) is 8.19. The Labute approximate surface area is 162 Å². The molecule has 2 aromatic rings. The third kappa shape index (κ3) is 6.55. The van der Waals surface area contributed by atoms with E-state index < -0.39 is 16.1 Å². The number of aliphatic hydroxyl groups excluding tert-OH is 1. The molecule has 0 saturated carbocycles. The van der Waals surface area contributed by atoms with Crippen LogP contribution in [0.25, 0.3) is 10.8 Å². The summed E-state index contributed by atoms with van der Waals surface area (Å²) in [7, 11) is -3.68. The van der Waals surface area contributed by atoms with Crippen molar-refractivity contribution in [1.29, 1.82) is 0 Å². The zero-order chi connectivity index (χ0) is 19.9. The van der Waals surface area contributed by atoms with Crippen LogP contribution in [0.4, 0.5) is 0 Å². The lowest BCUT2D eigenvalue weighted by Crippen LogP contribution is -2.47. The zero-order valence-corrected chi connectivity index (χ0v) is 16.9. The van der Waals surface area contributed by atoms with Gasteiger partial charge in [0.2, 0.25) is 10.0 Å². The van der Waals surface area contributed by atoms with Crippen LogP contribution in [0.15, 0.2) is 47.4 Å². The molecular formula is C20H31N3O3S. The van der Waals surface area contributed by atoms with Gasteiger partial charge in [0.1, 0.15) is 0 Å². The maximum atomic E-state index is 12.8. The van der Waals surface area contributed by atoms with E-state index in [-0.39, 0.29) is 17.5 Å². The lowest BCUT2D eigenvalue weighted by Gasteiger charge is -2.24. The van der Waals surface area contributed by atoms with E-state index in [2.05, 4.69) is 23.9 Å². The van der Waals surface area contributed by atoms with Crippen LogP contribution in [-0.2, 0) is 10.0 Å². The molecule has 0 aromatic heterocycles. The minimum atomic E-state index is -3.68. The summed E-state index contributed by atoms with van der Waals surface area (Å²) in [5.41, 5.74) is 5.80. The van der Waals surface area contributed by atoms with E-state index in [4.69, 9.17) is 5.73 Å². The molecule has 5 N–H and O–H groups in total.